The van der Waals surface area contributed by atoms with Crippen LogP contribution in [0.2, 0.25) is 0 Å². The Hall–Kier alpha value is -2.15. The molecule has 0 saturated heterocycles. The molecule has 0 unspecified atom stereocenters. The molecule has 0 aliphatic heterocycles. The number of carbonyl (C=O) groups is 2. The van der Waals surface area contributed by atoms with Crippen molar-refractivity contribution in [2.75, 3.05) is 26.6 Å². The smallest absolute Gasteiger partial charge is 0.339 e. The van der Waals surface area contributed by atoms with E-state index in [0.29, 0.717) is 16.4 Å². The zero-order valence-electron chi connectivity index (χ0n) is 10.8. The van der Waals surface area contributed by atoms with E-state index < -0.39 is 11.9 Å². The molecular formula is C12H14N2O4S. The normalized spacial score (nSPS) is 9.42. The summed E-state index contributed by atoms with van der Waals surface area (Å²) < 4.78 is 9.28. The van der Waals surface area contributed by atoms with Crippen molar-refractivity contribution in [2.45, 2.75) is 0 Å². The van der Waals surface area contributed by atoms with Crippen molar-refractivity contribution >= 4 is 35.0 Å². The van der Waals surface area contributed by atoms with Gasteiger partial charge in [-0.05, 0) is 30.4 Å². The van der Waals surface area contributed by atoms with Crippen molar-refractivity contribution in [3.63, 3.8) is 0 Å². The van der Waals surface area contributed by atoms with Gasteiger partial charge < -0.3 is 20.1 Å². The van der Waals surface area contributed by atoms with Gasteiger partial charge in [0.15, 0.2) is 5.11 Å². The largest absolute Gasteiger partial charge is 0.465 e. The molecule has 102 valence electrons. The number of benzene rings is 1. The van der Waals surface area contributed by atoms with Gasteiger partial charge in [0.05, 0.1) is 31.0 Å². The van der Waals surface area contributed by atoms with Crippen LogP contribution in [0.3, 0.4) is 0 Å². The maximum Gasteiger partial charge on any atom is 0.339 e. The predicted octanol–water partition coefficient (Wildman–Crippen LogP) is 1.18. The summed E-state index contributed by atoms with van der Waals surface area (Å²) in [6.45, 7) is 0. The molecule has 0 atom stereocenters. The van der Waals surface area contributed by atoms with E-state index in [9.17, 15) is 9.59 Å². The number of rotatable bonds is 3. The number of anilines is 1. The van der Waals surface area contributed by atoms with Crippen molar-refractivity contribution in [2.24, 2.45) is 0 Å². The highest BCUT2D eigenvalue weighted by Gasteiger charge is 2.16. The van der Waals surface area contributed by atoms with Gasteiger partial charge in [-0.3, -0.25) is 0 Å². The fourth-order valence-electron chi connectivity index (χ4n) is 1.37. The summed E-state index contributed by atoms with van der Waals surface area (Å²) >= 11 is 4.97. The lowest BCUT2D eigenvalue weighted by Crippen LogP contribution is -2.25. The third-order valence-electron chi connectivity index (χ3n) is 2.32. The van der Waals surface area contributed by atoms with Gasteiger partial charge in [0, 0.05) is 7.05 Å². The lowest BCUT2D eigenvalue weighted by atomic mass is 10.1. The minimum absolute atomic E-state index is 0.271. The van der Waals surface area contributed by atoms with Crippen LogP contribution in [0.1, 0.15) is 20.7 Å². The summed E-state index contributed by atoms with van der Waals surface area (Å²) in [7, 11) is 4.19. The third kappa shape index (κ3) is 3.65. The van der Waals surface area contributed by atoms with E-state index >= 15 is 0 Å². The Morgan fingerprint density at radius 3 is 2.32 bits per heavy atom. The molecule has 1 rings (SSSR count). The Balaban J connectivity index is 3.21. The summed E-state index contributed by atoms with van der Waals surface area (Å²) in [4.78, 5) is 23.1. The van der Waals surface area contributed by atoms with Crippen LogP contribution in [0.4, 0.5) is 5.69 Å². The van der Waals surface area contributed by atoms with Crippen molar-refractivity contribution in [3.8, 4) is 0 Å². The topological polar surface area (TPSA) is 76.7 Å². The fraction of sp³-hybridized carbons (Fsp3) is 0.250. The van der Waals surface area contributed by atoms with E-state index in [4.69, 9.17) is 12.2 Å². The molecule has 1 aromatic carbocycles. The maximum absolute atomic E-state index is 11.6. The van der Waals surface area contributed by atoms with Crippen LogP contribution in [0.15, 0.2) is 18.2 Å². The van der Waals surface area contributed by atoms with Gasteiger partial charge in [0.25, 0.3) is 0 Å². The van der Waals surface area contributed by atoms with Gasteiger partial charge >= 0.3 is 11.9 Å². The first-order valence-electron chi connectivity index (χ1n) is 5.33. The van der Waals surface area contributed by atoms with Crippen molar-refractivity contribution in [3.05, 3.63) is 29.3 Å². The number of esters is 2. The van der Waals surface area contributed by atoms with Crippen LogP contribution in [0, 0.1) is 0 Å². The lowest BCUT2D eigenvalue weighted by molar-refractivity contribution is 0.0587. The molecule has 1 aromatic rings. The molecule has 6 nitrogen and oxygen atoms in total. The van der Waals surface area contributed by atoms with Gasteiger partial charge in [-0.15, -0.1) is 0 Å². The van der Waals surface area contributed by atoms with Gasteiger partial charge in [-0.25, -0.2) is 9.59 Å². The van der Waals surface area contributed by atoms with E-state index in [1.54, 1.807) is 7.05 Å². The summed E-state index contributed by atoms with van der Waals surface area (Å²) in [6, 6.07) is 4.42. The average Bonchev–Trinajstić information content (AvgIpc) is 2.45. The van der Waals surface area contributed by atoms with Gasteiger partial charge in [-0.2, -0.15) is 0 Å². The molecule has 0 aliphatic rings. The minimum atomic E-state index is -0.530. The molecule has 0 fully saturated rings. The number of carbonyl (C=O) groups excluding carboxylic acids is 2. The Kier molecular flexibility index (Phi) is 5.25. The van der Waals surface area contributed by atoms with Crippen LogP contribution in [0.25, 0.3) is 0 Å². The molecule has 7 heteroatoms. The number of hydrogen-bond donors (Lipinski definition) is 2. The van der Waals surface area contributed by atoms with Crippen molar-refractivity contribution < 1.29 is 19.1 Å². The van der Waals surface area contributed by atoms with Gasteiger partial charge in [0.1, 0.15) is 0 Å². The quantitative estimate of drug-likeness (QED) is 0.636. The molecule has 0 bridgehead atoms. The predicted molar refractivity (Wildman–Crippen MR) is 74.4 cm³/mol. The SMILES string of the molecule is CNC(=S)Nc1cc(C(=O)OC)ccc1C(=O)OC. The molecule has 19 heavy (non-hydrogen) atoms. The lowest BCUT2D eigenvalue weighted by Gasteiger charge is -2.12. The summed E-state index contributed by atoms with van der Waals surface area (Å²) in [6.07, 6.45) is 0. The van der Waals surface area contributed by atoms with Crippen LogP contribution in [-0.2, 0) is 9.47 Å². The molecule has 0 heterocycles. The number of methoxy groups -OCH3 is 2. The van der Waals surface area contributed by atoms with Gasteiger partial charge in [0.2, 0.25) is 0 Å². The van der Waals surface area contributed by atoms with E-state index in [0.717, 1.165) is 0 Å². The third-order valence-corrected chi connectivity index (χ3v) is 2.63. The molecule has 0 aliphatic carbocycles. The monoisotopic (exact) mass is 282 g/mol. The van der Waals surface area contributed by atoms with E-state index in [2.05, 4.69) is 20.1 Å². The van der Waals surface area contributed by atoms with Crippen LogP contribution in [-0.4, -0.2) is 38.3 Å². The molecule has 0 amide bonds. The number of ether oxygens (including phenoxy) is 2. The van der Waals surface area contributed by atoms with E-state index in [1.165, 1.54) is 32.4 Å². The molecule has 2 N–H and O–H groups in total. The highest BCUT2D eigenvalue weighted by molar-refractivity contribution is 7.80. The van der Waals surface area contributed by atoms with Crippen molar-refractivity contribution in [1.29, 1.82) is 0 Å². The highest BCUT2D eigenvalue weighted by Crippen LogP contribution is 2.19. The number of hydrogen-bond acceptors (Lipinski definition) is 5. The van der Waals surface area contributed by atoms with Crippen molar-refractivity contribution in [1.82, 2.24) is 5.32 Å². The first-order valence-corrected chi connectivity index (χ1v) is 5.73. The van der Waals surface area contributed by atoms with E-state index in [1.807, 2.05) is 0 Å². The maximum atomic E-state index is 11.6. The van der Waals surface area contributed by atoms with Crippen LogP contribution >= 0.6 is 12.2 Å². The summed E-state index contributed by atoms with van der Waals surface area (Å²) in [5.74, 6) is -1.03. The molecule has 0 saturated carbocycles. The molecule has 0 spiro atoms. The molecule has 0 aromatic heterocycles. The minimum Gasteiger partial charge on any atom is -0.465 e. The average molecular weight is 282 g/mol. The zero-order valence-corrected chi connectivity index (χ0v) is 11.6. The van der Waals surface area contributed by atoms with E-state index in [-0.39, 0.29) is 5.56 Å². The highest BCUT2D eigenvalue weighted by atomic mass is 32.1. The second kappa shape index (κ2) is 6.69. The summed E-state index contributed by atoms with van der Waals surface area (Å²) in [5.41, 5.74) is 0.943. The number of thiocarbonyl (C=S) groups is 1. The number of nitrogens with one attached hydrogen (secondary N) is 2. The van der Waals surface area contributed by atoms with Crippen LogP contribution in [0.5, 0.6) is 0 Å². The fourth-order valence-corrected chi connectivity index (χ4v) is 1.48. The molecular weight excluding hydrogens is 268 g/mol. The first kappa shape index (κ1) is 14.9. The Morgan fingerprint density at radius 2 is 1.79 bits per heavy atom. The second-order valence-electron chi connectivity index (χ2n) is 3.45. The Bertz CT molecular complexity index is 516. The zero-order chi connectivity index (χ0) is 14.4. The molecule has 0 radical (unpaired) electrons. The second-order valence-corrected chi connectivity index (χ2v) is 3.86. The first-order chi connectivity index (χ1) is 9.03. The van der Waals surface area contributed by atoms with Gasteiger partial charge in [-0.1, -0.05) is 0 Å². The van der Waals surface area contributed by atoms with Crippen LogP contribution < -0.4 is 10.6 Å². The summed E-state index contributed by atoms with van der Waals surface area (Å²) in [5, 5.41) is 5.83. The Morgan fingerprint density at radius 1 is 1.16 bits per heavy atom. The Labute approximate surface area is 116 Å². The standard InChI is InChI=1S/C12H14N2O4S/c1-13-12(19)14-9-6-7(10(15)17-2)4-5-8(9)11(16)18-3/h4-6H,1-3H3,(H2,13,14,19).